The Balaban J connectivity index is 1.58. The van der Waals surface area contributed by atoms with Crippen LogP contribution in [0.2, 0.25) is 5.02 Å². The Morgan fingerprint density at radius 3 is 2.56 bits per heavy atom. The quantitative estimate of drug-likeness (QED) is 0.378. The van der Waals surface area contributed by atoms with E-state index in [0.29, 0.717) is 12.3 Å². The third kappa shape index (κ3) is 7.08. The van der Waals surface area contributed by atoms with Gasteiger partial charge in [0, 0.05) is 23.1 Å². The number of hydrogen-bond donors (Lipinski definition) is 3. The second kappa shape index (κ2) is 10.6. The molecular weight excluding hydrogens is 452 g/mol. The number of benzene rings is 2. The van der Waals surface area contributed by atoms with E-state index in [1.54, 1.807) is 0 Å². The van der Waals surface area contributed by atoms with Gasteiger partial charge in [-0.3, -0.25) is 14.5 Å². The van der Waals surface area contributed by atoms with Gasteiger partial charge in [0.05, 0.1) is 36.3 Å². The standard InChI is InChI=1S/C22H25ClN4O4S/c1-32(29,30)27-19-10-17(23)9-18(11-19)26-22(28)16(12-24)13-25-20-7-8-21(20)31-14-15-5-3-2-4-6-15/h2-6,9-13,20-21,27H,7-8,14,24H2,1H3,(H,26,28)/b16-12+,25-13?/t20-,21-/m0/s1. The zero-order valence-corrected chi connectivity index (χ0v) is 19.1. The van der Waals surface area contributed by atoms with Gasteiger partial charge in [-0.1, -0.05) is 41.9 Å². The molecule has 2 aromatic carbocycles. The van der Waals surface area contributed by atoms with Crippen LogP contribution in [0.5, 0.6) is 0 Å². The van der Waals surface area contributed by atoms with E-state index in [0.717, 1.165) is 30.9 Å². The summed E-state index contributed by atoms with van der Waals surface area (Å²) in [5, 5.41) is 2.91. The van der Waals surface area contributed by atoms with Gasteiger partial charge in [-0.25, -0.2) is 8.42 Å². The van der Waals surface area contributed by atoms with Gasteiger partial charge in [0.15, 0.2) is 0 Å². The summed E-state index contributed by atoms with van der Waals surface area (Å²) in [5.74, 6) is -0.495. The maximum Gasteiger partial charge on any atom is 0.258 e. The van der Waals surface area contributed by atoms with E-state index in [4.69, 9.17) is 22.1 Å². The molecule has 0 bridgehead atoms. The van der Waals surface area contributed by atoms with Crippen molar-refractivity contribution in [3.63, 3.8) is 0 Å². The van der Waals surface area contributed by atoms with Crippen LogP contribution in [0.3, 0.4) is 0 Å². The molecule has 8 nitrogen and oxygen atoms in total. The lowest BCUT2D eigenvalue weighted by Crippen LogP contribution is -2.38. The lowest BCUT2D eigenvalue weighted by Gasteiger charge is -2.33. The van der Waals surface area contributed by atoms with Gasteiger partial charge < -0.3 is 15.8 Å². The summed E-state index contributed by atoms with van der Waals surface area (Å²) in [7, 11) is -3.49. The minimum Gasteiger partial charge on any atom is -0.404 e. The van der Waals surface area contributed by atoms with Gasteiger partial charge in [0.1, 0.15) is 0 Å². The fraction of sp³-hybridized carbons (Fsp3) is 0.273. The summed E-state index contributed by atoms with van der Waals surface area (Å²) in [4.78, 5) is 17.1. The molecule has 0 spiro atoms. The topological polar surface area (TPSA) is 123 Å². The number of nitrogens with two attached hydrogens (primary N) is 1. The van der Waals surface area contributed by atoms with Crippen molar-refractivity contribution in [2.45, 2.75) is 31.6 Å². The van der Waals surface area contributed by atoms with Crippen LogP contribution in [0.15, 0.2) is 65.3 Å². The number of rotatable bonds is 9. The number of amides is 1. The van der Waals surface area contributed by atoms with E-state index in [1.165, 1.54) is 24.4 Å². The number of nitrogens with one attached hydrogen (secondary N) is 2. The Labute approximate surface area is 192 Å². The highest BCUT2D eigenvalue weighted by Crippen LogP contribution is 2.28. The van der Waals surface area contributed by atoms with Crippen molar-refractivity contribution in [1.82, 2.24) is 0 Å². The van der Waals surface area contributed by atoms with Crippen LogP contribution < -0.4 is 15.8 Å². The molecule has 1 aliphatic rings. The van der Waals surface area contributed by atoms with Crippen LogP contribution in [0.4, 0.5) is 11.4 Å². The van der Waals surface area contributed by atoms with Crippen LogP contribution >= 0.6 is 11.6 Å². The van der Waals surface area contributed by atoms with E-state index in [9.17, 15) is 13.2 Å². The lowest BCUT2D eigenvalue weighted by atomic mass is 9.89. The number of sulfonamides is 1. The van der Waals surface area contributed by atoms with Crippen molar-refractivity contribution in [2.75, 3.05) is 16.3 Å². The van der Waals surface area contributed by atoms with Crippen molar-refractivity contribution < 1.29 is 17.9 Å². The molecule has 4 N–H and O–H groups in total. The molecule has 0 aromatic heterocycles. The molecule has 0 saturated heterocycles. The molecule has 10 heteroatoms. The SMILES string of the molecule is CS(=O)(=O)Nc1cc(Cl)cc(NC(=O)/C(C=N[C@H]2CC[C@@H]2OCc2ccccc2)=C/N)c1. The van der Waals surface area contributed by atoms with Gasteiger partial charge in [-0.15, -0.1) is 0 Å². The number of anilines is 2. The highest BCUT2D eigenvalue weighted by atomic mass is 35.5. The molecule has 32 heavy (non-hydrogen) atoms. The molecule has 170 valence electrons. The predicted molar refractivity (Wildman–Crippen MR) is 127 cm³/mol. The lowest BCUT2D eigenvalue weighted by molar-refractivity contribution is -0.112. The molecule has 2 atom stereocenters. The van der Waals surface area contributed by atoms with Crippen molar-refractivity contribution in [3.05, 3.63) is 70.9 Å². The minimum atomic E-state index is -3.49. The van der Waals surface area contributed by atoms with Crippen LogP contribution in [-0.4, -0.2) is 38.9 Å². The van der Waals surface area contributed by atoms with Crippen LogP contribution in [0.1, 0.15) is 18.4 Å². The molecule has 1 saturated carbocycles. The van der Waals surface area contributed by atoms with Crippen molar-refractivity contribution in [2.24, 2.45) is 10.7 Å². The van der Waals surface area contributed by atoms with Crippen molar-refractivity contribution in [1.29, 1.82) is 0 Å². The molecule has 1 amide bonds. The average molecular weight is 477 g/mol. The Kier molecular flexibility index (Phi) is 7.89. The van der Waals surface area contributed by atoms with Crippen LogP contribution in [0.25, 0.3) is 0 Å². The zero-order chi connectivity index (χ0) is 23.1. The van der Waals surface area contributed by atoms with E-state index in [2.05, 4.69) is 15.0 Å². The average Bonchev–Trinajstić information content (AvgIpc) is 2.69. The third-order valence-electron chi connectivity index (χ3n) is 4.79. The molecule has 0 unspecified atom stereocenters. The first-order valence-electron chi connectivity index (χ1n) is 9.94. The summed E-state index contributed by atoms with van der Waals surface area (Å²) in [6, 6.07) is 14.2. The zero-order valence-electron chi connectivity index (χ0n) is 17.5. The number of aliphatic imine (C=N–C) groups is 1. The summed E-state index contributed by atoms with van der Waals surface area (Å²) >= 11 is 6.03. The van der Waals surface area contributed by atoms with Gasteiger partial charge in [-0.05, 0) is 36.6 Å². The molecule has 2 aromatic rings. The monoisotopic (exact) mass is 476 g/mol. The maximum absolute atomic E-state index is 12.6. The largest absolute Gasteiger partial charge is 0.404 e. The molecule has 0 radical (unpaired) electrons. The van der Waals surface area contributed by atoms with E-state index in [-0.39, 0.29) is 28.4 Å². The van der Waals surface area contributed by atoms with Gasteiger partial charge in [0.2, 0.25) is 10.0 Å². The van der Waals surface area contributed by atoms with Crippen molar-refractivity contribution >= 4 is 45.1 Å². The van der Waals surface area contributed by atoms with Gasteiger partial charge >= 0.3 is 0 Å². The fourth-order valence-corrected chi connectivity index (χ4v) is 3.87. The van der Waals surface area contributed by atoms with Crippen LogP contribution in [-0.2, 0) is 26.2 Å². The highest BCUT2D eigenvalue weighted by Gasteiger charge is 2.31. The normalized spacial score (nSPS) is 18.9. The number of hydrogen-bond acceptors (Lipinski definition) is 6. The second-order valence-electron chi connectivity index (χ2n) is 7.44. The minimum absolute atomic E-state index is 0.00824. The molecule has 1 aliphatic carbocycles. The summed E-state index contributed by atoms with van der Waals surface area (Å²) in [6.07, 6.45) is 5.38. The smallest absolute Gasteiger partial charge is 0.258 e. The summed E-state index contributed by atoms with van der Waals surface area (Å²) in [5.41, 5.74) is 7.42. The third-order valence-corrected chi connectivity index (χ3v) is 5.61. The van der Waals surface area contributed by atoms with Gasteiger partial charge in [0.25, 0.3) is 5.91 Å². The number of nitrogens with zero attached hydrogens (tertiary/aromatic N) is 1. The first kappa shape index (κ1) is 23.8. The Hall–Kier alpha value is -2.88. The van der Waals surface area contributed by atoms with Gasteiger partial charge in [-0.2, -0.15) is 0 Å². The molecule has 0 heterocycles. The molecule has 3 rings (SSSR count). The first-order valence-corrected chi connectivity index (χ1v) is 12.2. The highest BCUT2D eigenvalue weighted by molar-refractivity contribution is 7.92. The number of halogens is 1. The Bertz CT molecular complexity index is 1120. The van der Waals surface area contributed by atoms with E-state index in [1.807, 2.05) is 30.3 Å². The Morgan fingerprint density at radius 2 is 1.94 bits per heavy atom. The fourth-order valence-electron chi connectivity index (χ4n) is 3.09. The second-order valence-corrected chi connectivity index (χ2v) is 9.62. The molecule has 1 fully saturated rings. The number of ether oxygens (including phenoxy) is 1. The number of carbonyl (C=O) groups is 1. The van der Waals surface area contributed by atoms with E-state index < -0.39 is 15.9 Å². The number of carbonyl (C=O) groups excluding carboxylic acids is 1. The predicted octanol–water partition coefficient (Wildman–Crippen LogP) is 3.31. The Morgan fingerprint density at radius 1 is 1.22 bits per heavy atom. The van der Waals surface area contributed by atoms with E-state index >= 15 is 0 Å². The van der Waals surface area contributed by atoms with Crippen LogP contribution in [0, 0.1) is 0 Å². The molecular formula is C22H25ClN4O4S. The summed E-state index contributed by atoms with van der Waals surface area (Å²) < 4.78 is 31.1. The maximum atomic E-state index is 12.6. The summed E-state index contributed by atoms with van der Waals surface area (Å²) in [6.45, 7) is 0.510. The first-order chi connectivity index (χ1) is 15.2. The van der Waals surface area contributed by atoms with Crippen molar-refractivity contribution in [3.8, 4) is 0 Å². The molecule has 0 aliphatic heterocycles.